The smallest absolute Gasteiger partial charge is 0.254 e. The normalized spacial score (nSPS) is 14.9. The summed E-state index contributed by atoms with van der Waals surface area (Å²) in [6, 6.07) is 3.83. The van der Waals surface area contributed by atoms with Gasteiger partial charge in [-0.3, -0.25) is 9.59 Å². The van der Waals surface area contributed by atoms with Crippen LogP contribution in [-0.4, -0.2) is 54.4 Å². The van der Waals surface area contributed by atoms with E-state index in [4.69, 9.17) is 4.74 Å². The quantitative estimate of drug-likeness (QED) is 0.858. The van der Waals surface area contributed by atoms with E-state index in [-0.39, 0.29) is 11.8 Å². The Balaban J connectivity index is 2.13. The number of nitrogens with zero attached hydrogens (tertiary/aromatic N) is 2. The highest BCUT2D eigenvalue weighted by atomic mass is 16.5. The van der Waals surface area contributed by atoms with Crippen molar-refractivity contribution in [1.29, 1.82) is 0 Å². The van der Waals surface area contributed by atoms with Gasteiger partial charge < -0.3 is 14.5 Å². The Morgan fingerprint density at radius 2 is 1.64 bits per heavy atom. The Kier molecular flexibility index (Phi) is 5.06. The summed E-state index contributed by atoms with van der Waals surface area (Å²) in [6.07, 6.45) is 0. The van der Waals surface area contributed by atoms with Crippen molar-refractivity contribution >= 4 is 11.8 Å². The molecule has 0 spiro atoms. The topological polar surface area (TPSA) is 49.9 Å². The molecule has 1 aliphatic heterocycles. The van der Waals surface area contributed by atoms with Gasteiger partial charge >= 0.3 is 0 Å². The van der Waals surface area contributed by atoms with Gasteiger partial charge in [0, 0.05) is 38.7 Å². The third-order valence-corrected chi connectivity index (χ3v) is 4.06. The summed E-state index contributed by atoms with van der Waals surface area (Å²) in [6.45, 7) is 10.4. The van der Waals surface area contributed by atoms with Crippen molar-refractivity contribution in [3.63, 3.8) is 0 Å². The predicted octanol–water partition coefficient (Wildman–Crippen LogP) is 2.01. The summed E-state index contributed by atoms with van der Waals surface area (Å²) in [5.74, 6) is 0.935. The lowest BCUT2D eigenvalue weighted by Crippen LogP contribution is -2.50. The number of carbonyl (C=O) groups excluding carboxylic acids is 2. The summed E-state index contributed by atoms with van der Waals surface area (Å²) >= 11 is 0. The molecule has 0 saturated carbocycles. The van der Waals surface area contributed by atoms with E-state index in [2.05, 4.69) is 0 Å². The second kappa shape index (κ2) is 6.81. The van der Waals surface area contributed by atoms with Crippen LogP contribution in [0, 0.1) is 13.8 Å². The predicted molar refractivity (Wildman–Crippen MR) is 85.2 cm³/mol. The molecule has 1 heterocycles. The summed E-state index contributed by atoms with van der Waals surface area (Å²) in [4.78, 5) is 27.7. The van der Waals surface area contributed by atoms with Crippen LogP contribution >= 0.6 is 0 Å². The molecule has 0 N–H and O–H groups in total. The number of carbonyl (C=O) groups is 2. The van der Waals surface area contributed by atoms with Gasteiger partial charge in [0.15, 0.2) is 0 Å². The highest BCUT2D eigenvalue weighted by Gasteiger charge is 2.24. The maximum Gasteiger partial charge on any atom is 0.254 e. The lowest BCUT2D eigenvalue weighted by Gasteiger charge is -2.34. The number of piperazine rings is 1. The van der Waals surface area contributed by atoms with Crippen LogP contribution in [0.15, 0.2) is 12.1 Å². The van der Waals surface area contributed by atoms with Crippen molar-refractivity contribution in [3.05, 3.63) is 28.8 Å². The Morgan fingerprint density at radius 1 is 1.05 bits per heavy atom. The van der Waals surface area contributed by atoms with Crippen LogP contribution in [0.3, 0.4) is 0 Å². The van der Waals surface area contributed by atoms with Gasteiger partial charge in [-0.15, -0.1) is 0 Å². The van der Waals surface area contributed by atoms with E-state index < -0.39 is 0 Å². The van der Waals surface area contributed by atoms with Crippen molar-refractivity contribution in [3.8, 4) is 5.75 Å². The summed E-state index contributed by atoms with van der Waals surface area (Å²) < 4.78 is 5.57. The molecule has 1 aliphatic rings. The molecule has 0 aliphatic carbocycles. The zero-order chi connectivity index (χ0) is 16.3. The molecule has 22 heavy (non-hydrogen) atoms. The van der Waals surface area contributed by atoms with Crippen LogP contribution in [0.25, 0.3) is 0 Å². The minimum absolute atomic E-state index is 0.0341. The molecule has 1 aromatic rings. The molecule has 0 unspecified atom stereocenters. The Labute approximate surface area is 131 Å². The van der Waals surface area contributed by atoms with Crippen molar-refractivity contribution in [1.82, 2.24) is 9.80 Å². The van der Waals surface area contributed by atoms with Crippen LogP contribution in [0.4, 0.5) is 0 Å². The Bertz CT molecular complexity index is 576. The van der Waals surface area contributed by atoms with Crippen molar-refractivity contribution in [2.24, 2.45) is 0 Å². The van der Waals surface area contributed by atoms with Gasteiger partial charge in [-0.1, -0.05) is 0 Å². The van der Waals surface area contributed by atoms with E-state index >= 15 is 0 Å². The average molecular weight is 304 g/mol. The number of hydrogen-bond acceptors (Lipinski definition) is 3. The zero-order valence-corrected chi connectivity index (χ0v) is 13.8. The average Bonchev–Trinajstić information content (AvgIpc) is 2.50. The molecular formula is C17H24N2O3. The highest BCUT2D eigenvalue weighted by Crippen LogP contribution is 2.24. The van der Waals surface area contributed by atoms with Gasteiger partial charge in [-0.25, -0.2) is 0 Å². The molecule has 5 nitrogen and oxygen atoms in total. The fourth-order valence-electron chi connectivity index (χ4n) is 2.73. The van der Waals surface area contributed by atoms with Crippen LogP contribution < -0.4 is 4.74 Å². The molecule has 0 radical (unpaired) electrons. The number of hydrogen-bond donors (Lipinski definition) is 0. The third kappa shape index (κ3) is 3.40. The van der Waals surface area contributed by atoms with Crippen molar-refractivity contribution < 1.29 is 14.3 Å². The van der Waals surface area contributed by atoms with Crippen molar-refractivity contribution in [2.45, 2.75) is 27.7 Å². The first kappa shape index (κ1) is 16.3. The highest BCUT2D eigenvalue weighted by molar-refractivity contribution is 5.96. The first-order valence-electron chi connectivity index (χ1n) is 7.72. The molecule has 0 atom stereocenters. The monoisotopic (exact) mass is 304 g/mol. The number of amides is 2. The second-order valence-corrected chi connectivity index (χ2v) is 5.66. The van der Waals surface area contributed by atoms with Gasteiger partial charge in [-0.2, -0.15) is 0 Å². The molecule has 1 aromatic carbocycles. The number of benzene rings is 1. The lowest BCUT2D eigenvalue weighted by atomic mass is 10.0. The van der Waals surface area contributed by atoms with Gasteiger partial charge in [0.2, 0.25) is 5.91 Å². The standard InChI is InChI=1S/C17H24N2O3/c1-5-22-16-11-12(2)15(10-13(16)3)17(21)19-8-6-18(7-9-19)14(4)20/h10-11H,5-9H2,1-4H3. The molecule has 0 aromatic heterocycles. The molecule has 0 bridgehead atoms. The molecule has 1 fully saturated rings. The van der Waals surface area contributed by atoms with E-state index in [0.717, 1.165) is 22.4 Å². The SMILES string of the molecule is CCOc1cc(C)c(C(=O)N2CCN(C(C)=O)CC2)cc1C. The fourth-order valence-corrected chi connectivity index (χ4v) is 2.73. The number of ether oxygens (including phenoxy) is 1. The van der Waals surface area contributed by atoms with E-state index in [0.29, 0.717) is 32.8 Å². The zero-order valence-electron chi connectivity index (χ0n) is 13.8. The maximum atomic E-state index is 12.7. The van der Waals surface area contributed by atoms with Gasteiger partial charge in [0.1, 0.15) is 5.75 Å². The minimum atomic E-state index is 0.0341. The minimum Gasteiger partial charge on any atom is -0.494 e. The van der Waals surface area contributed by atoms with E-state index in [1.165, 1.54) is 0 Å². The van der Waals surface area contributed by atoms with E-state index in [1.54, 1.807) is 11.8 Å². The van der Waals surface area contributed by atoms with E-state index in [1.807, 2.05) is 37.8 Å². The lowest BCUT2D eigenvalue weighted by molar-refractivity contribution is -0.130. The van der Waals surface area contributed by atoms with Gasteiger partial charge in [0.25, 0.3) is 5.91 Å². The van der Waals surface area contributed by atoms with E-state index in [9.17, 15) is 9.59 Å². The van der Waals surface area contributed by atoms with Gasteiger partial charge in [0.05, 0.1) is 6.61 Å². The van der Waals surface area contributed by atoms with Gasteiger partial charge in [-0.05, 0) is 44.0 Å². The summed E-state index contributed by atoms with van der Waals surface area (Å²) in [7, 11) is 0. The fraction of sp³-hybridized carbons (Fsp3) is 0.529. The molecule has 5 heteroatoms. The first-order chi connectivity index (χ1) is 10.4. The summed E-state index contributed by atoms with van der Waals surface area (Å²) in [5.41, 5.74) is 2.61. The second-order valence-electron chi connectivity index (χ2n) is 5.66. The molecule has 120 valence electrons. The molecule has 2 rings (SSSR count). The molecular weight excluding hydrogens is 280 g/mol. The maximum absolute atomic E-state index is 12.7. The largest absolute Gasteiger partial charge is 0.494 e. The summed E-state index contributed by atoms with van der Waals surface area (Å²) in [5, 5.41) is 0. The van der Waals surface area contributed by atoms with Crippen molar-refractivity contribution in [2.75, 3.05) is 32.8 Å². The number of aryl methyl sites for hydroxylation is 2. The molecule has 1 saturated heterocycles. The van der Waals surface area contributed by atoms with Crippen LogP contribution in [0.1, 0.15) is 35.3 Å². The Morgan fingerprint density at radius 3 is 2.18 bits per heavy atom. The van der Waals surface area contributed by atoms with Crippen LogP contribution in [0.2, 0.25) is 0 Å². The third-order valence-electron chi connectivity index (χ3n) is 4.06. The first-order valence-corrected chi connectivity index (χ1v) is 7.72. The molecule has 2 amide bonds. The van der Waals surface area contributed by atoms with Crippen LogP contribution in [0.5, 0.6) is 5.75 Å². The van der Waals surface area contributed by atoms with Crippen LogP contribution in [-0.2, 0) is 4.79 Å². The Hall–Kier alpha value is -2.04. The number of rotatable bonds is 3.